The Bertz CT molecular complexity index is 440. The fourth-order valence-electron chi connectivity index (χ4n) is 2.62. The van der Waals surface area contributed by atoms with E-state index in [1.165, 1.54) is 0 Å². The van der Waals surface area contributed by atoms with Gasteiger partial charge in [-0.05, 0) is 47.2 Å². The van der Waals surface area contributed by atoms with Crippen molar-refractivity contribution in [2.24, 2.45) is 0 Å². The fraction of sp³-hybridized carbons (Fsp3) is 0.867. The van der Waals surface area contributed by atoms with Crippen molar-refractivity contribution in [3.05, 3.63) is 5.89 Å². The average Bonchev–Trinajstić information content (AvgIpc) is 2.79. The maximum absolute atomic E-state index is 5.86. The molecule has 0 spiro atoms. The van der Waals surface area contributed by atoms with Crippen LogP contribution in [0.15, 0.2) is 4.42 Å². The molecule has 1 aliphatic rings. The maximum atomic E-state index is 5.86. The number of anilines is 1. The number of hydrogen-bond donors (Lipinski definition) is 1. The SMILES string of the molecule is CCC1CN(C)CCCN1c1nnc(CNC(C)(C)C)o1. The number of rotatable bonds is 4. The lowest BCUT2D eigenvalue weighted by molar-refractivity contribution is 0.324. The maximum Gasteiger partial charge on any atom is 0.318 e. The highest BCUT2D eigenvalue weighted by atomic mass is 16.4. The summed E-state index contributed by atoms with van der Waals surface area (Å²) >= 11 is 0. The highest BCUT2D eigenvalue weighted by Gasteiger charge is 2.26. The van der Waals surface area contributed by atoms with Gasteiger partial charge in [-0.2, -0.15) is 0 Å². The van der Waals surface area contributed by atoms with E-state index in [1.54, 1.807) is 0 Å². The molecule has 2 rings (SSSR count). The van der Waals surface area contributed by atoms with Crippen LogP contribution in [0.5, 0.6) is 0 Å². The van der Waals surface area contributed by atoms with Crippen molar-refractivity contribution in [2.75, 3.05) is 31.6 Å². The van der Waals surface area contributed by atoms with E-state index in [4.69, 9.17) is 4.42 Å². The second kappa shape index (κ2) is 6.75. The van der Waals surface area contributed by atoms with Crippen LogP contribution in [0.2, 0.25) is 0 Å². The molecule has 2 heterocycles. The minimum absolute atomic E-state index is 0.0475. The minimum Gasteiger partial charge on any atom is -0.407 e. The van der Waals surface area contributed by atoms with E-state index < -0.39 is 0 Å². The van der Waals surface area contributed by atoms with Crippen LogP contribution in [-0.2, 0) is 6.54 Å². The van der Waals surface area contributed by atoms with Crippen LogP contribution in [0.25, 0.3) is 0 Å². The van der Waals surface area contributed by atoms with Crippen molar-refractivity contribution in [3.8, 4) is 0 Å². The van der Waals surface area contributed by atoms with E-state index >= 15 is 0 Å². The van der Waals surface area contributed by atoms with Gasteiger partial charge in [0.05, 0.1) is 6.54 Å². The van der Waals surface area contributed by atoms with Crippen molar-refractivity contribution >= 4 is 6.01 Å². The molecule has 0 radical (unpaired) electrons. The normalized spacial score (nSPS) is 21.6. The molecule has 0 bridgehead atoms. The Balaban J connectivity index is 2.04. The molecule has 21 heavy (non-hydrogen) atoms. The van der Waals surface area contributed by atoms with Crippen molar-refractivity contribution in [1.82, 2.24) is 20.4 Å². The number of aromatic nitrogens is 2. The van der Waals surface area contributed by atoms with Gasteiger partial charge in [-0.25, -0.2) is 0 Å². The van der Waals surface area contributed by atoms with Gasteiger partial charge in [-0.1, -0.05) is 12.0 Å². The van der Waals surface area contributed by atoms with Crippen molar-refractivity contribution in [2.45, 2.75) is 58.7 Å². The third-order valence-corrected chi connectivity index (χ3v) is 3.85. The summed E-state index contributed by atoms with van der Waals surface area (Å²) in [5.41, 5.74) is 0.0475. The van der Waals surface area contributed by atoms with E-state index in [0.717, 1.165) is 32.5 Å². The smallest absolute Gasteiger partial charge is 0.318 e. The number of likely N-dealkylation sites (N-methyl/N-ethyl adjacent to an activating group) is 1. The predicted molar refractivity (Wildman–Crippen MR) is 84.4 cm³/mol. The summed E-state index contributed by atoms with van der Waals surface area (Å²) in [7, 11) is 2.18. The Hall–Kier alpha value is -1.14. The molecule has 0 amide bonds. The predicted octanol–water partition coefficient (Wildman–Crippen LogP) is 1.88. The summed E-state index contributed by atoms with van der Waals surface area (Å²) in [6.07, 6.45) is 2.22. The summed E-state index contributed by atoms with van der Waals surface area (Å²) in [5, 5.41) is 11.8. The Morgan fingerprint density at radius 1 is 1.29 bits per heavy atom. The quantitative estimate of drug-likeness (QED) is 0.915. The first kappa shape index (κ1) is 16.2. The first-order valence-electron chi connectivity index (χ1n) is 7.91. The number of nitrogens with zero attached hydrogens (tertiary/aromatic N) is 4. The molecule has 6 nitrogen and oxygen atoms in total. The van der Waals surface area contributed by atoms with Crippen LogP contribution < -0.4 is 10.2 Å². The zero-order valence-corrected chi connectivity index (χ0v) is 14.0. The molecule has 6 heteroatoms. The van der Waals surface area contributed by atoms with E-state index in [1.807, 2.05) is 0 Å². The molecule has 1 saturated heterocycles. The zero-order chi connectivity index (χ0) is 15.5. The van der Waals surface area contributed by atoms with E-state index in [0.29, 0.717) is 24.5 Å². The molecular weight excluding hydrogens is 266 g/mol. The largest absolute Gasteiger partial charge is 0.407 e. The first-order valence-corrected chi connectivity index (χ1v) is 7.91. The van der Waals surface area contributed by atoms with Gasteiger partial charge in [0.2, 0.25) is 5.89 Å². The fourth-order valence-corrected chi connectivity index (χ4v) is 2.62. The van der Waals surface area contributed by atoms with Gasteiger partial charge >= 0.3 is 6.01 Å². The Morgan fingerprint density at radius 3 is 2.71 bits per heavy atom. The van der Waals surface area contributed by atoms with Crippen LogP contribution >= 0.6 is 0 Å². The molecule has 1 aromatic heterocycles. The molecular formula is C15H29N5O. The van der Waals surface area contributed by atoms with Gasteiger partial charge in [-0.15, -0.1) is 5.10 Å². The van der Waals surface area contributed by atoms with Gasteiger partial charge in [0, 0.05) is 24.7 Å². The second-order valence-corrected chi connectivity index (χ2v) is 6.95. The van der Waals surface area contributed by atoms with Gasteiger partial charge in [0.15, 0.2) is 0 Å². The summed E-state index contributed by atoms with van der Waals surface area (Å²) in [6.45, 7) is 12.4. The molecule has 1 aliphatic heterocycles. The van der Waals surface area contributed by atoms with Crippen molar-refractivity contribution < 1.29 is 4.42 Å². The molecule has 1 N–H and O–H groups in total. The van der Waals surface area contributed by atoms with Crippen LogP contribution in [-0.4, -0.2) is 53.4 Å². The third kappa shape index (κ3) is 4.68. The first-order chi connectivity index (χ1) is 9.89. The Morgan fingerprint density at radius 2 is 2.05 bits per heavy atom. The molecule has 1 unspecified atom stereocenters. The van der Waals surface area contributed by atoms with Crippen LogP contribution in [0.3, 0.4) is 0 Å². The van der Waals surface area contributed by atoms with Gasteiger partial charge in [-0.3, -0.25) is 0 Å². The molecule has 1 atom stereocenters. The molecule has 0 aliphatic carbocycles. The number of nitrogens with one attached hydrogen (secondary N) is 1. The van der Waals surface area contributed by atoms with Crippen LogP contribution in [0.4, 0.5) is 6.01 Å². The van der Waals surface area contributed by atoms with Gasteiger partial charge in [0.25, 0.3) is 0 Å². The Kier molecular flexibility index (Phi) is 5.22. The summed E-state index contributed by atoms with van der Waals surface area (Å²) in [6, 6.07) is 1.12. The molecule has 120 valence electrons. The van der Waals surface area contributed by atoms with Crippen molar-refractivity contribution in [1.29, 1.82) is 0 Å². The zero-order valence-electron chi connectivity index (χ0n) is 14.0. The summed E-state index contributed by atoms with van der Waals surface area (Å²) in [4.78, 5) is 4.66. The van der Waals surface area contributed by atoms with Crippen LogP contribution in [0, 0.1) is 0 Å². The van der Waals surface area contributed by atoms with Gasteiger partial charge < -0.3 is 19.5 Å². The lowest BCUT2D eigenvalue weighted by atomic mass is 10.1. The lowest BCUT2D eigenvalue weighted by Crippen LogP contribution is -2.40. The number of hydrogen-bond acceptors (Lipinski definition) is 6. The highest BCUT2D eigenvalue weighted by Crippen LogP contribution is 2.20. The third-order valence-electron chi connectivity index (χ3n) is 3.85. The molecule has 1 fully saturated rings. The van der Waals surface area contributed by atoms with E-state index in [9.17, 15) is 0 Å². The second-order valence-electron chi connectivity index (χ2n) is 6.95. The van der Waals surface area contributed by atoms with E-state index in [-0.39, 0.29) is 5.54 Å². The molecule has 0 aromatic carbocycles. The van der Waals surface area contributed by atoms with E-state index in [2.05, 4.69) is 60.1 Å². The van der Waals surface area contributed by atoms with Gasteiger partial charge in [0.1, 0.15) is 0 Å². The summed E-state index contributed by atoms with van der Waals surface area (Å²) in [5.74, 6) is 0.660. The minimum atomic E-state index is 0.0475. The summed E-state index contributed by atoms with van der Waals surface area (Å²) < 4.78 is 5.86. The topological polar surface area (TPSA) is 57.4 Å². The molecule has 1 aromatic rings. The Labute approximate surface area is 127 Å². The standard InChI is InChI=1S/C15H29N5O/c1-6-12-11-19(5)8-7-9-20(12)14-18-17-13(21-14)10-16-15(2,3)4/h12,16H,6-11H2,1-5H3. The van der Waals surface area contributed by atoms with Crippen molar-refractivity contribution in [3.63, 3.8) is 0 Å². The average molecular weight is 295 g/mol. The lowest BCUT2D eigenvalue weighted by Gasteiger charge is -2.28. The van der Waals surface area contributed by atoms with Crippen LogP contribution in [0.1, 0.15) is 46.4 Å². The highest BCUT2D eigenvalue weighted by molar-refractivity contribution is 5.27. The monoisotopic (exact) mass is 295 g/mol. The molecule has 0 saturated carbocycles.